The summed E-state index contributed by atoms with van der Waals surface area (Å²) in [6.45, 7) is 5.63. The fourth-order valence-electron chi connectivity index (χ4n) is 2.61. The molecule has 1 aromatic rings. The maximum Gasteiger partial charge on any atom is 0.194 e. The van der Waals surface area contributed by atoms with E-state index in [1.54, 1.807) is 0 Å². The number of nitrogens with two attached hydrogens (primary N) is 1. The lowest BCUT2D eigenvalue weighted by molar-refractivity contribution is 0.374. The van der Waals surface area contributed by atoms with Crippen molar-refractivity contribution in [1.29, 1.82) is 0 Å². The summed E-state index contributed by atoms with van der Waals surface area (Å²) in [6.07, 6.45) is 4.63. The van der Waals surface area contributed by atoms with Gasteiger partial charge in [-0.2, -0.15) is 0 Å². The highest BCUT2D eigenvalue weighted by Crippen LogP contribution is 2.25. The molecule has 0 bridgehead atoms. The summed E-state index contributed by atoms with van der Waals surface area (Å²) in [5, 5.41) is 3.56. The third-order valence-electron chi connectivity index (χ3n) is 3.73. The molecule has 17 heavy (non-hydrogen) atoms. The van der Waals surface area contributed by atoms with Crippen molar-refractivity contribution in [2.45, 2.75) is 52.1 Å². The summed E-state index contributed by atoms with van der Waals surface area (Å²) in [4.78, 5) is 4.38. The fraction of sp³-hybridized carbons (Fsp3) is 0.769. The lowest BCUT2D eigenvalue weighted by Gasteiger charge is -2.18. The van der Waals surface area contributed by atoms with Crippen LogP contribution in [0.4, 0.5) is 0 Å². The predicted molar refractivity (Wildman–Crippen MR) is 67.6 cm³/mol. The summed E-state index contributed by atoms with van der Waals surface area (Å²) in [5.74, 6) is 2.44. The van der Waals surface area contributed by atoms with Crippen LogP contribution in [0.3, 0.4) is 0 Å². The Labute approximate surface area is 103 Å². The number of nitrogens with zero attached hydrogens (tertiary/aromatic N) is 1. The highest BCUT2D eigenvalue weighted by molar-refractivity contribution is 5.08. The first kappa shape index (κ1) is 12.6. The molecule has 1 heterocycles. The second kappa shape index (κ2) is 5.65. The number of aromatic nitrogens is 1. The monoisotopic (exact) mass is 237 g/mol. The number of nitrogens with one attached hydrogen (secondary N) is 1. The number of oxazole rings is 1. The number of aryl methyl sites for hydroxylation is 2. The Hall–Kier alpha value is -0.870. The summed E-state index contributed by atoms with van der Waals surface area (Å²) in [5.41, 5.74) is 6.78. The fourth-order valence-corrected chi connectivity index (χ4v) is 2.61. The molecule has 0 aromatic carbocycles. The first-order valence-corrected chi connectivity index (χ1v) is 6.63. The van der Waals surface area contributed by atoms with Gasteiger partial charge in [0.15, 0.2) is 5.89 Å². The summed E-state index contributed by atoms with van der Waals surface area (Å²) in [7, 11) is 0. The van der Waals surface area contributed by atoms with Crippen LogP contribution in [0.5, 0.6) is 0 Å². The molecule has 1 aromatic heterocycles. The standard InChI is InChI=1S/C13H23N3O/c1-3-13-16-9(2)12(17-13)8-15-11-6-4-5-10(11)7-14/h10-11,15H,3-8,14H2,1-2H3. The molecular formula is C13H23N3O. The normalized spacial score (nSPS) is 24.4. The van der Waals surface area contributed by atoms with Gasteiger partial charge in [-0.25, -0.2) is 4.98 Å². The second-order valence-electron chi connectivity index (χ2n) is 4.88. The van der Waals surface area contributed by atoms with Crippen LogP contribution in [-0.2, 0) is 13.0 Å². The van der Waals surface area contributed by atoms with E-state index in [1.807, 2.05) is 6.92 Å². The Morgan fingerprint density at radius 2 is 2.29 bits per heavy atom. The predicted octanol–water partition coefficient (Wildman–Crippen LogP) is 1.76. The molecule has 2 rings (SSSR count). The van der Waals surface area contributed by atoms with Gasteiger partial charge in [-0.15, -0.1) is 0 Å². The molecular weight excluding hydrogens is 214 g/mol. The molecule has 1 fully saturated rings. The number of rotatable bonds is 5. The van der Waals surface area contributed by atoms with Crippen molar-refractivity contribution in [3.05, 3.63) is 17.3 Å². The van der Waals surface area contributed by atoms with Crippen LogP contribution in [0.15, 0.2) is 4.42 Å². The molecule has 1 aliphatic rings. The van der Waals surface area contributed by atoms with Gasteiger partial charge >= 0.3 is 0 Å². The van der Waals surface area contributed by atoms with Crippen molar-refractivity contribution in [3.63, 3.8) is 0 Å². The van der Waals surface area contributed by atoms with E-state index in [0.29, 0.717) is 12.0 Å². The molecule has 2 atom stereocenters. The molecule has 4 heteroatoms. The molecule has 1 saturated carbocycles. The molecule has 96 valence electrons. The molecule has 0 saturated heterocycles. The summed E-state index contributed by atoms with van der Waals surface area (Å²) in [6, 6.07) is 0.551. The van der Waals surface area contributed by atoms with Gasteiger partial charge in [-0.3, -0.25) is 0 Å². The minimum absolute atomic E-state index is 0.551. The van der Waals surface area contributed by atoms with Gasteiger partial charge in [0, 0.05) is 12.5 Å². The molecule has 0 spiro atoms. The third-order valence-corrected chi connectivity index (χ3v) is 3.73. The average Bonchev–Trinajstić information content (AvgIpc) is 2.92. The smallest absolute Gasteiger partial charge is 0.194 e. The van der Waals surface area contributed by atoms with E-state index in [0.717, 1.165) is 36.9 Å². The molecule has 1 aliphatic carbocycles. The van der Waals surface area contributed by atoms with Gasteiger partial charge in [0.25, 0.3) is 0 Å². The lowest BCUT2D eigenvalue weighted by atomic mass is 10.0. The zero-order valence-corrected chi connectivity index (χ0v) is 10.8. The maximum absolute atomic E-state index is 5.77. The van der Waals surface area contributed by atoms with Crippen molar-refractivity contribution in [3.8, 4) is 0 Å². The van der Waals surface area contributed by atoms with Crippen molar-refractivity contribution >= 4 is 0 Å². The van der Waals surface area contributed by atoms with Gasteiger partial charge in [0.2, 0.25) is 0 Å². The second-order valence-corrected chi connectivity index (χ2v) is 4.88. The zero-order valence-electron chi connectivity index (χ0n) is 10.8. The Morgan fingerprint density at radius 3 is 2.94 bits per heavy atom. The Morgan fingerprint density at radius 1 is 1.47 bits per heavy atom. The van der Waals surface area contributed by atoms with Gasteiger partial charge in [-0.05, 0) is 32.2 Å². The van der Waals surface area contributed by atoms with E-state index >= 15 is 0 Å². The van der Waals surface area contributed by atoms with Crippen molar-refractivity contribution in [2.24, 2.45) is 11.7 Å². The molecule has 0 aliphatic heterocycles. The SMILES string of the molecule is CCc1nc(C)c(CNC2CCCC2CN)o1. The number of hydrogen-bond donors (Lipinski definition) is 2. The highest BCUT2D eigenvalue weighted by atomic mass is 16.4. The Kier molecular flexibility index (Phi) is 4.18. The summed E-state index contributed by atoms with van der Waals surface area (Å²) >= 11 is 0. The minimum atomic E-state index is 0.551. The largest absolute Gasteiger partial charge is 0.444 e. The van der Waals surface area contributed by atoms with Crippen LogP contribution in [0.25, 0.3) is 0 Å². The van der Waals surface area contributed by atoms with E-state index in [1.165, 1.54) is 19.3 Å². The van der Waals surface area contributed by atoms with Crippen LogP contribution in [0.2, 0.25) is 0 Å². The van der Waals surface area contributed by atoms with E-state index in [2.05, 4.69) is 17.2 Å². The van der Waals surface area contributed by atoms with Crippen molar-refractivity contribution < 1.29 is 4.42 Å². The van der Waals surface area contributed by atoms with Gasteiger partial charge < -0.3 is 15.5 Å². The minimum Gasteiger partial charge on any atom is -0.444 e. The first-order valence-electron chi connectivity index (χ1n) is 6.63. The first-order chi connectivity index (χ1) is 8.24. The van der Waals surface area contributed by atoms with Gasteiger partial charge in [-0.1, -0.05) is 13.3 Å². The summed E-state index contributed by atoms with van der Waals surface area (Å²) < 4.78 is 5.69. The quantitative estimate of drug-likeness (QED) is 0.819. The van der Waals surface area contributed by atoms with Gasteiger partial charge in [0.1, 0.15) is 5.76 Å². The van der Waals surface area contributed by atoms with Gasteiger partial charge in [0.05, 0.1) is 12.2 Å². The molecule has 3 N–H and O–H groups in total. The highest BCUT2D eigenvalue weighted by Gasteiger charge is 2.25. The van der Waals surface area contributed by atoms with E-state index in [9.17, 15) is 0 Å². The van der Waals surface area contributed by atoms with E-state index in [-0.39, 0.29) is 0 Å². The van der Waals surface area contributed by atoms with Crippen LogP contribution < -0.4 is 11.1 Å². The molecule has 0 radical (unpaired) electrons. The molecule has 4 nitrogen and oxygen atoms in total. The van der Waals surface area contributed by atoms with Crippen LogP contribution in [0, 0.1) is 12.8 Å². The van der Waals surface area contributed by atoms with Crippen LogP contribution in [-0.4, -0.2) is 17.6 Å². The zero-order chi connectivity index (χ0) is 12.3. The lowest BCUT2D eigenvalue weighted by Crippen LogP contribution is -2.35. The van der Waals surface area contributed by atoms with Crippen molar-refractivity contribution in [1.82, 2.24) is 10.3 Å². The topological polar surface area (TPSA) is 64.1 Å². The van der Waals surface area contributed by atoms with Crippen LogP contribution in [0.1, 0.15) is 43.5 Å². The Balaban J connectivity index is 1.90. The average molecular weight is 237 g/mol. The van der Waals surface area contributed by atoms with Crippen molar-refractivity contribution in [2.75, 3.05) is 6.54 Å². The van der Waals surface area contributed by atoms with E-state index in [4.69, 9.17) is 10.2 Å². The third kappa shape index (κ3) is 2.87. The Bertz CT molecular complexity index is 362. The molecule has 0 amide bonds. The van der Waals surface area contributed by atoms with Crippen LogP contribution >= 0.6 is 0 Å². The molecule has 2 unspecified atom stereocenters. The maximum atomic E-state index is 5.77. The number of hydrogen-bond acceptors (Lipinski definition) is 4. The van der Waals surface area contributed by atoms with E-state index < -0.39 is 0 Å².